The van der Waals surface area contributed by atoms with Crippen LogP contribution in [0.4, 0.5) is 0 Å². The predicted molar refractivity (Wildman–Crippen MR) is 114 cm³/mol. The van der Waals surface area contributed by atoms with E-state index in [0.717, 1.165) is 38.5 Å². The monoisotopic (exact) mass is 455 g/mol. The number of nitrogens with one attached hydrogen (secondary N) is 1. The Morgan fingerprint density at radius 3 is 1.12 bits per heavy atom. The quantitative estimate of drug-likeness (QED) is 0.517. The highest BCUT2D eigenvalue weighted by atomic mass is 16.6. The van der Waals surface area contributed by atoms with Crippen molar-refractivity contribution < 1.29 is 28.7 Å². The summed E-state index contributed by atoms with van der Waals surface area (Å²) in [5.74, 6) is 1.31. The number of amides is 2. The van der Waals surface area contributed by atoms with Crippen LogP contribution in [-0.4, -0.2) is 36.0 Å². The lowest BCUT2D eigenvalue weighted by molar-refractivity contribution is -0.193. The predicted octanol–water partition coefficient (Wildman–Crippen LogP) is 2.90. The lowest BCUT2D eigenvalue weighted by atomic mass is 9.49. The molecule has 8 saturated carbocycles. The van der Waals surface area contributed by atoms with Gasteiger partial charge in [0.05, 0.1) is 10.8 Å². The van der Waals surface area contributed by atoms with E-state index in [1.165, 1.54) is 38.5 Å². The van der Waals surface area contributed by atoms with E-state index in [2.05, 4.69) is 5.32 Å². The molecule has 178 valence electrons. The molecule has 0 aromatic heterocycles. The van der Waals surface area contributed by atoms with Gasteiger partial charge in [0.15, 0.2) is 0 Å². The fourth-order valence-electron chi connectivity index (χ4n) is 9.97. The second kappa shape index (κ2) is 6.82. The Bertz CT molecular complexity index is 794. The standard InChI is InChI=1S/C26H33NO6/c28-21-19(32-23(30)25-7-13-1-14(8-25)3-15(2-13)9-25)20(22(29)27-21)33-24(31)26-10-16-4-17(11-26)6-18(5-16)12-26/h13-20H,1-12H2,(H,27,28,29)/t13?,14?,15?,16?,17?,18?,19-,20-,25?,26?/m1/s1. The molecule has 2 atom stereocenters. The van der Waals surface area contributed by atoms with Crippen molar-refractivity contribution in [3.8, 4) is 0 Å². The van der Waals surface area contributed by atoms with Crippen LogP contribution in [0.2, 0.25) is 0 Å². The number of hydrogen-bond donors (Lipinski definition) is 1. The lowest BCUT2D eigenvalue weighted by Crippen LogP contribution is -2.53. The first-order chi connectivity index (χ1) is 15.8. The van der Waals surface area contributed by atoms with Crippen LogP contribution in [0, 0.1) is 46.3 Å². The minimum Gasteiger partial charge on any atom is -0.447 e. The summed E-state index contributed by atoms with van der Waals surface area (Å²) in [5.41, 5.74) is -1.07. The zero-order valence-electron chi connectivity index (χ0n) is 19.1. The molecule has 0 spiro atoms. The largest absolute Gasteiger partial charge is 0.447 e. The van der Waals surface area contributed by atoms with E-state index in [4.69, 9.17) is 9.47 Å². The summed E-state index contributed by atoms with van der Waals surface area (Å²) < 4.78 is 11.5. The molecule has 9 fully saturated rings. The number of ether oxygens (including phenoxy) is 2. The molecule has 9 rings (SSSR count). The van der Waals surface area contributed by atoms with Crippen molar-refractivity contribution in [1.29, 1.82) is 0 Å². The van der Waals surface area contributed by atoms with E-state index in [9.17, 15) is 19.2 Å². The number of esters is 2. The molecule has 0 aromatic carbocycles. The van der Waals surface area contributed by atoms with Gasteiger partial charge in [-0.15, -0.1) is 0 Å². The summed E-state index contributed by atoms with van der Waals surface area (Å²) in [6.07, 6.45) is 9.34. The molecule has 1 N–H and O–H groups in total. The summed E-state index contributed by atoms with van der Waals surface area (Å²) in [4.78, 5) is 52.0. The maximum atomic E-state index is 13.4. The van der Waals surface area contributed by atoms with Gasteiger partial charge in [0.25, 0.3) is 11.8 Å². The third kappa shape index (κ3) is 3.06. The highest BCUT2D eigenvalue weighted by molar-refractivity contribution is 6.09. The van der Waals surface area contributed by atoms with Crippen LogP contribution >= 0.6 is 0 Å². The van der Waals surface area contributed by atoms with E-state index >= 15 is 0 Å². The second-order valence-corrected chi connectivity index (χ2v) is 12.9. The summed E-state index contributed by atoms with van der Waals surface area (Å²) >= 11 is 0. The molecule has 2 amide bonds. The van der Waals surface area contributed by atoms with Gasteiger partial charge in [0.2, 0.25) is 12.2 Å². The normalized spacial score (nSPS) is 51.0. The Labute approximate surface area is 193 Å². The molecule has 0 aromatic rings. The van der Waals surface area contributed by atoms with Gasteiger partial charge in [-0.2, -0.15) is 0 Å². The number of imide groups is 1. The molecular formula is C26H33NO6. The minimum atomic E-state index is -1.36. The van der Waals surface area contributed by atoms with Crippen molar-refractivity contribution in [3.05, 3.63) is 0 Å². The first-order valence-electron chi connectivity index (χ1n) is 13.1. The summed E-state index contributed by atoms with van der Waals surface area (Å²) in [6.45, 7) is 0. The summed E-state index contributed by atoms with van der Waals surface area (Å²) in [5, 5.41) is 2.24. The number of hydrogen-bond acceptors (Lipinski definition) is 6. The van der Waals surface area contributed by atoms with Crippen molar-refractivity contribution in [3.63, 3.8) is 0 Å². The minimum absolute atomic E-state index is 0.368. The average molecular weight is 456 g/mol. The van der Waals surface area contributed by atoms with E-state index in [0.29, 0.717) is 35.5 Å². The Balaban J connectivity index is 1.09. The van der Waals surface area contributed by atoms with Gasteiger partial charge in [-0.05, 0) is 113 Å². The van der Waals surface area contributed by atoms with Crippen LogP contribution in [-0.2, 0) is 28.7 Å². The van der Waals surface area contributed by atoms with Crippen molar-refractivity contribution >= 4 is 23.8 Å². The topological polar surface area (TPSA) is 98.8 Å². The number of rotatable bonds is 4. The molecule has 1 aliphatic heterocycles. The van der Waals surface area contributed by atoms with Gasteiger partial charge in [-0.25, -0.2) is 0 Å². The van der Waals surface area contributed by atoms with Crippen LogP contribution < -0.4 is 5.32 Å². The van der Waals surface area contributed by atoms with Gasteiger partial charge in [-0.3, -0.25) is 24.5 Å². The third-order valence-electron chi connectivity index (χ3n) is 10.4. The Hall–Kier alpha value is -1.92. The number of carbonyl (C=O) groups is 4. The SMILES string of the molecule is O=C1NC(=O)[C@H](OC(=O)C23CC4CC(CC(C4)C2)C3)[C@H]1OC(=O)C12CC3CC(CC(C3)C1)C2. The molecule has 8 bridgehead atoms. The average Bonchev–Trinajstić information content (AvgIpc) is 2.98. The fraction of sp³-hybridized carbons (Fsp3) is 0.846. The molecule has 7 heteroatoms. The molecule has 0 unspecified atom stereocenters. The van der Waals surface area contributed by atoms with E-state index in [1.807, 2.05) is 0 Å². The van der Waals surface area contributed by atoms with Gasteiger partial charge in [0, 0.05) is 0 Å². The van der Waals surface area contributed by atoms with Crippen molar-refractivity contribution in [1.82, 2.24) is 5.32 Å². The van der Waals surface area contributed by atoms with Crippen molar-refractivity contribution in [2.75, 3.05) is 0 Å². The van der Waals surface area contributed by atoms with Crippen LogP contribution in [0.1, 0.15) is 77.0 Å². The molecule has 7 nitrogen and oxygen atoms in total. The lowest BCUT2D eigenvalue weighted by Gasteiger charge is -2.55. The van der Waals surface area contributed by atoms with Gasteiger partial charge >= 0.3 is 11.9 Å². The summed E-state index contributed by atoms with van der Waals surface area (Å²) in [7, 11) is 0. The van der Waals surface area contributed by atoms with Gasteiger partial charge in [0.1, 0.15) is 0 Å². The van der Waals surface area contributed by atoms with Crippen LogP contribution in [0.3, 0.4) is 0 Å². The Morgan fingerprint density at radius 2 is 0.848 bits per heavy atom. The smallest absolute Gasteiger partial charge is 0.313 e. The summed E-state index contributed by atoms with van der Waals surface area (Å²) in [6, 6.07) is 0. The molecule has 9 aliphatic rings. The van der Waals surface area contributed by atoms with E-state index in [-0.39, 0.29) is 11.9 Å². The Kier molecular flexibility index (Phi) is 4.23. The van der Waals surface area contributed by atoms with E-state index in [1.54, 1.807) is 0 Å². The zero-order chi connectivity index (χ0) is 22.5. The van der Waals surface area contributed by atoms with Crippen LogP contribution in [0.15, 0.2) is 0 Å². The van der Waals surface area contributed by atoms with Crippen LogP contribution in [0.25, 0.3) is 0 Å². The molecule has 1 heterocycles. The molecular weight excluding hydrogens is 422 g/mol. The highest BCUT2D eigenvalue weighted by Crippen LogP contribution is 2.61. The molecule has 0 radical (unpaired) electrons. The maximum Gasteiger partial charge on any atom is 0.313 e. The van der Waals surface area contributed by atoms with Crippen molar-refractivity contribution in [2.24, 2.45) is 46.3 Å². The van der Waals surface area contributed by atoms with Crippen molar-refractivity contribution in [2.45, 2.75) is 89.3 Å². The van der Waals surface area contributed by atoms with Crippen LogP contribution in [0.5, 0.6) is 0 Å². The molecule has 1 saturated heterocycles. The van der Waals surface area contributed by atoms with Gasteiger partial charge in [-0.1, -0.05) is 0 Å². The fourth-order valence-corrected chi connectivity index (χ4v) is 9.97. The maximum absolute atomic E-state index is 13.4. The van der Waals surface area contributed by atoms with E-state index < -0.39 is 34.9 Å². The number of carbonyl (C=O) groups excluding carboxylic acids is 4. The highest BCUT2D eigenvalue weighted by Gasteiger charge is 2.60. The molecule has 8 aliphatic carbocycles. The van der Waals surface area contributed by atoms with Gasteiger partial charge < -0.3 is 9.47 Å². The Morgan fingerprint density at radius 1 is 0.576 bits per heavy atom. The first kappa shape index (κ1) is 20.5. The first-order valence-corrected chi connectivity index (χ1v) is 13.1. The molecule has 33 heavy (non-hydrogen) atoms. The third-order valence-corrected chi connectivity index (χ3v) is 10.4. The second-order valence-electron chi connectivity index (χ2n) is 12.9. The zero-order valence-corrected chi connectivity index (χ0v) is 19.1.